The Bertz CT molecular complexity index is 745. The lowest BCUT2D eigenvalue weighted by atomic mass is 10.0. The van der Waals surface area contributed by atoms with Crippen LogP contribution in [0.2, 0.25) is 0 Å². The van der Waals surface area contributed by atoms with Gasteiger partial charge in [-0.1, -0.05) is 43.2 Å². The van der Waals surface area contributed by atoms with E-state index in [1.54, 1.807) is 0 Å². The van der Waals surface area contributed by atoms with Crippen LogP contribution < -0.4 is 4.90 Å². The molecule has 0 unspecified atom stereocenters. The predicted molar refractivity (Wildman–Crippen MR) is 107 cm³/mol. The molecule has 0 bridgehead atoms. The maximum atomic E-state index is 13.0. The molecule has 1 fully saturated rings. The summed E-state index contributed by atoms with van der Waals surface area (Å²) >= 11 is 0. The minimum atomic E-state index is 0.124. The van der Waals surface area contributed by atoms with Crippen molar-refractivity contribution in [1.82, 2.24) is 4.90 Å². The first-order valence-corrected chi connectivity index (χ1v) is 10.0. The third-order valence-corrected chi connectivity index (χ3v) is 5.66. The van der Waals surface area contributed by atoms with Crippen LogP contribution in [0, 0.1) is 0 Å². The summed E-state index contributed by atoms with van der Waals surface area (Å²) in [6.45, 7) is 4.21. The Morgan fingerprint density at radius 3 is 2.31 bits per heavy atom. The molecule has 0 atom stereocenters. The molecule has 0 spiro atoms. The van der Waals surface area contributed by atoms with E-state index in [0.717, 1.165) is 37.2 Å². The summed E-state index contributed by atoms with van der Waals surface area (Å²) in [6, 6.07) is 16.6. The van der Waals surface area contributed by atoms with Crippen molar-refractivity contribution in [2.75, 3.05) is 24.5 Å². The van der Waals surface area contributed by atoms with Gasteiger partial charge in [0, 0.05) is 24.3 Å². The molecule has 0 radical (unpaired) electrons. The van der Waals surface area contributed by atoms with Crippen molar-refractivity contribution in [3.8, 4) is 0 Å². The first-order chi connectivity index (χ1) is 12.8. The first kappa shape index (κ1) is 17.3. The fraction of sp³-hybridized carbons (Fsp3) is 0.435. The summed E-state index contributed by atoms with van der Waals surface area (Å²) in [5.41, 5.74) is 4.46. The number of fused-ring (bicyclic) bond motifs is 1. The molecular weight excluding hydrogens is 320 g/mol. The van der Waals surface area contributed by atoms with Crippen molar-refractivity contribution in [3.63, 3.8) is 0 Å². The minimum absolute atomic E-state index is 0.124. The second-order valence-corrected chi connectivity index (χ2v) is 7.58. The van der Waals surface area contributed by atoms with Crippen LogP contribution in [0.25, 0.3) is 0 Å². The van der Waals surface area contributed by atoms with Gasteiger partial charge in [-0.05, 0) is 68.1 Å². The van der Waals surface area contributed by atoms with Crippen LogP contribution in [-0.4, -0.2) is 30.4 Å². The van der Waals surface area contributed by atoms with Gasteiger partial charge in [-0.15, -0.1) is 0 Å². The van der Waals surface area contributed by atoms with Crippen molar-refractivity contribution < 1.29 is 4.79 Å². The zero-order valence-electron chi connectivity index (χ0n) is 15.5. The Labute approximate surface area is 156 Å². The number of hydrogen-bond acceptors (Lipinski definition) is 2. The van der Waals surface area contributed by atoms with Gasteiger partial charge in [0.15, 0.2) is 0 Å². The molecular formula is C23H28N2O. The number of aryl methyl sites for hydroxylation is 1. The van der Waals surface area contributed by atoms with Crippen LogP contribution in [0.15, 0.2) is 48.5 Å². The van der Waals surface area contributed by atoms with Crippen LogP contribution >= 0.6 is 0 Å². The fourth-order valence-corrected chi connectivity index (χ4v) is 4.21. The molecule has 26 heavy (non-hydrogen) atoms. The molecule has 2 aromatic carbocycles. The van der Waals surface area contributed by atoms with E-state index in [4.69, 9.17) is 0 Å². The van der Waals surface area contributed by atoms with E-state index >= 15 is 0 Å². The first-order valence-electron chi connectivity index (χ1n) is 10.0. The third kappa shape index (κ3) is 3.83. The molecule has 0 aromatic heterocycles. The van der Waals surface area contributed by atoms with E-state index < -0.39 is 0 Å². The van der Waals surface area contributed by atoms with E-state index in [1.165, 1.54) is 49.9 Å². The van der Waals surface area contributed by atoms with Gasteiger partial charge in [0.2, 0.25) is 0 Å². The molecule has 0 N–H and O–H groups in total. The molecule has 2 aromatic rings. The monoisotopic (exact) mass is 348 g/mol. The largest absolute Gasteiger partial charge is 0.308 e. The molecule has 2 aliphatic rings. The summed E-state index contributed by atoms with van der Waals surface area (Å²) in [5.74, 6) is 0.124. The molecule has 1 saturated heterocycles. The van der Waals surface area contributed by atoms with Gasteiger partial charge in [-0.2, -0.15) is 0 Å². The molecule has 2 aliphatic heterocycles. The average Bonchev–Trinajstić information content (AvgIpc) is 2.96. The Hall–Kier alpha value is -2.13. The Balaban J connectivity index is 1.46. The highest BCUT2D eigenvalue weighted by molar-refractivity contribution is 6.06. The van der Waals surface area contributed by atoms with Crippen molar-refractivity contribution in [2.45, 2.75) is 45.1 Å². The zero-order chi connectivity index (χ0) is 17.8. The second-order valence-electron chi connectivity index (χ2n) is 7.58. The number of para-hydroxylation sites is 1. The smallest absolute Gasteiger partial charge is 0.258 e. The Kier molecular flexibility index (Phi) is 5.35. The summed E-state index contributed by atoms with van der Waals surface area (Å²) in [5, 5.41) is 0. The fourth-order valence-electron chi connectivity index (χ4n) is 4.21. The predicted octanol–water partition coefficient (Wildman–Crippen LogP) is 4.66. The summed E-state index contributed by atoms with van der Waals surface area (Å²) < 4.78 is 0. The molecule has 1 amide bonds. The lowest BCUT2D eigenvalue weighted by Crippen LogP contribution is -2.35. The number of carbonyl (C=O) groups is 1. The highest BCUT2D eigenvalue weighted by Gasteiger charge is 2.23. The van der Waals surface area contributed by atoms with Crippen molar-refractivity contribution in [1.29, 1.82) is 0 Å². The van der Waals surface area contributed by atoms with Crippen molar-refractivity contribution in [2.24, 2.45) is 0 Å². The molecule has 3 nitrogen and oxygen atoms in total. The van der Waals surface area contributed by atoms with Crippen molar-refractivity contribution in [3.05, 3.63) is 65.2 Å². The van der Waals surface area contributed by atoms with Gasteiger partial charge in [-0.3, -0.25) is 9.69 Å². The zero-order valence-corrected chi connectivity index (χ0v) is 15.5. The van der Waals surface area contributed by atoms with Crippen LogP contribution in [0.3, 0.4) is 0 Å². The number of benzene rings is 2. The van der Waals surface area contributed by atoms with Gasteiger partial charge in [-0.25, -0.2) is 0 Å². The third-order valence-electron chi connectivity index (χ3n) is 5.66. The van der Waals surface area contributed by atoms with E-state index in [1.807, 2.05) is 23.1 Å². The van der Waals surface area contributed by atoms with E-state index in [0.29, 0.717) is 0 Å². The van der Waals surface area contributed by atoms with Gasteiger partial charge < -0.3 is 4.90 Å². The van der Waals surface area contributed by atoms with Gasteiger partial charge >= 0.3 is 0 Å². The molecule has 136 valence electrons. The van der Waals surface area contributed by atoms with Gasteiger partial charge in [0.25, 0.3) is 5.91 Å². The van der Waals surface area contributed by atoms with E-state index in [-0.39, 0.29) is 5.91 Å². The van der Waals surface area contributed by atoms with Gasteiger partial charge in [0.1, 0.15) is 0 Å². The maximum Gasteiger partial charge on any atom is 0.258 e. The van der Waals surface area contributed by atoms with Gasteiger partial charge in [0.05, 0.1) is 0 Å². The average molecular weight is 348 g/mol. The second kappa shape index (κ2) is 8.05. The topological polar surface area (TPSA) is 23.6 Å². The van der Waals surface area contributed by atoms with Crippen molar-refractivity contribution >= 4 is 11.6 Å². The number of hydrogen-bond donors (Lipinski definition) is 0. The lowest BCUT2D eigenvalue weighted by Gasteiger charge is -2.29. The number of nitrogens with zero attached hydrogens (tertiary/aromatic N) is 2. The SMILES string of the molecule is O=C(c1ccc(CN2CCCCCC2)cc1)N1CCCc2ccccc21. The van der Waals surface area contributed by atoms with Crippen LogP contribution in [0.5, 0.6) is 0 Å². The maximum absolute atomic E-state index is 13.0. The quantitative estimate of drug-likeness (QED) is 0.806. The number of amides is 1. The van der Waals surface area contributed by atoms with E-state index in [2.05, 4.69) is 35.2 Å². The number of anilines is 1. The number of carbonyl (C=O) groups excluding carboxylic acids is 1. The van der Waals surface area contributed by atoms with Crippen LogP contribution in [-0.2, 0) is 13.0 Å². The number of likely N-dealkylation sites (tertiary alicyclic amines) is 1. The lowest BCUT2D eigenvalue weighted by molar-refractivity contribution is 0.0985. The highest BCUT2D eigenvalue weighted by Crippen LogP contribution is 2.28. The minimum Gasteiger partial charge on any atom is -0.308 e. The normalized spacial score (nSPS) is 18.2. The molecule has 4 rings (SSSR count). The Morgan fingerprint density at radius 2 is 1.54 bits per heavy atom. The summed E-state index contributed by atoms with van der Waals surface area (Å²) in [7, 11) is 0. The Morgan fingerprint density at radius 1 is 0.808 bits per heavy atom. The summed E-state index contributed by atoms with van der Waals surface area (Å²) in [4.78, 5) is 17.5. The molecule has 2 heterocycles. The van der Waals surface area contributed by atoms with Crippen LogP contribution in [0.1, 0.15) is 53.6 Å². The summed E-state index contributed by atoms with van der Waals surface area (Å²) in [6.07, 6.45) is 7.45. The number of rotatable bonds is 3. The standard InChI is InChI=1S/C23H28N2O/c26-23(25-17-7-9-20-8-3-4-10-22(20)25)21-13-11-19(12-14-21)18-24-15-5-1-2-6-16-24/h3-4,8,10-14H,1-2,5-7,9,15-18H2. The highest BCUT2D eigenvalue weighted by atomic mass is 16.2. The molecule has 0 aliphatic carbocycles. The van der Waals surface area contributed by atoms with E-state index in [9.17, 15) is 4.79 Å². The van der Waals surface area contributed by atoms with Crippen LogP contribution in [0.4, 0.5) is 5.69 Å². The molecule has 3 heteroatoms. The molecule has 0 saturated carbocycles.